The normalized spacial score (nSPS) is 12.1. The quantitative estimate of drug-likeness (QED) is 0.679. The predicted molar refractivity (Wildman–Crippen MR) is 81.4 cm³/mol. The first kappa shape index (κ1) is 19.0. The highest BCUT2D eigenvalue weighted by molar-refractivity contribution is 5.84. The van der Waals surface area contributed by atoms with Crippen LogP contribution in [0, 0.1) is 17.6 Å². The summed E-state index contributed by atoms with van der Waals surface area (Å²) in [4.78, 5) is 23.0. The second-order valence-corrected chi connectivity index (χ2v) is 5.66. The fourth-order valence-corrected chi connectivity index (χ4v) is 1.89. The number of rotatable bonds is 8. The lowest BCUT2D eigenvalue weighted by molar-refractivity contribution is -0.126. The first-order valence-corrected chi connectivity index (χ1v) is 7.46. The van der Waals surface area contributed by atoms with Crippen molar-refractivity contribution in [2.24, 2.45) is 5.92 Å². The number of hydrogen-bond donors (Lipinski definition) is 3. The maximum atomic E-state index is 13.5. The van der Waals surface area contributed by atoms with Crippen molar-refractivity contribution in [2.75, 3.05) is 13.1 Å². The van der Waals surface area contributed by atoms with Gasteiger partial charge in [0.05, 0.1) is 12.1 Å². The molecule has 1 aromatic rings. The SMILES string of the molecule is CC(C)CCC(=O)NCC(=O)NCC(O)c1c(F)cccc1F. The van der Waals surface area contributed by atoms with E-state index in [1.807, 2.05) is 13.8 Å². The Hall–Kier alpha value is -2.02. The maximum Gasteiger partial charge on any atom is 0.239 e. The standard InChI is InChI=1S/C16H22F2N2O3/c1-10(2)6-7-14(22)20-9-15(23)19-8-13(21)16-11(17)4-3-5-12(16)18/h3-5,10,13,21H,6-9H2,1-2H3,(H,19,23)(H,20,22). The number of amides is 2. The second-order valence-electron chi connectivity index (χ2n) is 5.66. The molecule has 1 atom stereocenters. The summed E-state index contributed by atoms with van der Waals surface area (Å²) in [7, 11) is 0. The Morgan fingerprint density at radius 1 is 1.13 bits per heavy atom. The summed E-state index contributed by atoms with van der Waals surface area (Å²) in [6.07, 6.45) is -0.455. The van der Waals surface area contributed by atoms with Gasteiger partial charge in [0, 0.05) is 13.0 Å². The van der Waals surface area contributed by atoms with Gasteiger partial charge in [0.2, 0.25) is 11.8 Å². The Morgan fingerprint density at radius 3 is 2.30 bits per heavy atom. The highest BCUT2D eigenvalue weighted by atomic mass is 19.1. The van der Waals surface area contributed by atoms with Gasteiger partial charge < -0.3 is 15.7 Å². The van der Waals surface area contributed by atoms with Gasteiger partial charge in [-0.1, -0.05) is 19.9 Å². The van der Waals surface area contributed by atoms with E-state index >= 15 is 0 Å². The van der Waals surface area contributed by atoms with Crippen molar-refractivity contribution in [2.45, 2.75) is 32.8 Å². The topological polar surface area (TPSA) is 78.4 Å². The number of aliphatic hydroxyl groups is 1. The summed E-state index contributed by atoms with van der Waals surface area (Å²) in [5.41, 5.74) is -0.492. The van der Waals surface area contributed by atoms with Crippen LogP contribution in [0.2, 0.25) is 0 Å². The van der Waals surface area contributed by atoms with E-state index in [9.17, 15) is 23.5 Å². The number of hydrogen-bond acceptors (Lipinski definition) is 3. The molecule has 7 heteroatoms. The molecule has 1 rings (SSSR count). The van der Waals surface area contributed by atoms with Crippen LogP contribution in [-0.2, 0) is 9.59 Å². The second kappa shape index (κ2) is 9.19. The Morgan fingerprint density at radius 2 is 1.74 bits per heavy atom. The summed E-state index contributed by atoms with van der Waals surface area (Å²) >= 11 is 0. The van der Waals surface area contributed by atoms with E-state index in [0.717, 1.165) is 18.6 Å². The molecule has 0 fully saturated rings. The highest BCUT2D eigenvalue weighted by Crippen LogP contribution is 2.19. The van der Waals surface area contributed by atoms with E-state index in [1.165, 1.54) is 6.07 Å². The third kappa shape index (κ3) is 6.73. The first-order valence-electron chi connectivity index (χ1n) is 7.46. The Kier molecular flexibility index (Phi) is 7.61. The van der Waals surface area contributed by atoms with Crippen molar-refractivity contribution >= 4 is 11.8 Å². The zero-order chi connectivity index (χ0) is 17.4. The molecule has 0 aliphatic rings. The number of carbonyl (C=O) groups is 2. The summed E-state index contributed by atoms with van der Waals surface area (Å²) < 4.78 is 26.9. The van der Waals surface area contributed by atoms with Crippen LogP contribution in [0.25, 0.3) is 0 Å². The molecule has 128 valence electrons. The van der Waals surface area contributed by atoms with E-state index in [2.05, 4.69) is 10.6 Å². The fraction of sp³-hybridized carbons (Fsp3) is 0.500. The smallest absolute Gasteiger partial charge is 0.239 e. The van der Waals surface area contributed by atoms with Crippen LogP contribution in [0.4, 0.5) is 8.78 Å². The van der Waals surface area contributed by atoms with Crippen LogP contribution < -0.4 is 10.6 Å². The Labute approximate surface area is 134 Å². The molecular formula is C16H22F2N2O3. The minimum Gasteiger partial charge on any atom is -0.386 e. The van der Waals surface area contributed by atoms with E-state index in [-0.39, 0.29) is 19.0 Å². The number of carbonyl (C=O) groups excluding carboxylic acids is 2. The molecule has 1 unspecified atom stereocenters. The lowest BCUT2D eigenvalue weighted by Gasteiger charge is -2.14. The number of nitrogens with one attached hydrogen (secondary N) is 2. The minimum absolute atomic E-state index is 0.241. The van der Waals surface area contributed by atoms with Crippen LogP contribution in [0.3, 0.4) is 0 Å². The van der Waals surface area contributed by atoms with E-state index in [4.69, 9.17) is 0 Å². The summed E-state index contributed by atoms with van der Waals surface area (Å²) in [5.74, 6) is -2.16. The van der Waals surface area contributed by atoms with Crippen LogP contribution in [-0.4, -0.2) is 30.0 Å². The summed E-state index contributed by atoms with van der Waals surface area (Å²) in [5, 5.41) is 14.5. The monoisotopic (exact) mass is 328 g/mol. The summed E-state index contributed by atoms with van der Waals surface area (Å²) in [6.45, 7) is 3.38. The van der Waals surface area contributed by atoms with Crippen molar-refractivity contribution in [3.63, 3.8) is 0 Å². The molecule has 0 bridgehead atoms. The van der Waals surface area contributed by atoms with Crippen molar-refractivity contribution < 1.29 is 23.5 Å². The fourth-order valence-electron chi connectivity index (χ4n) is 1.89. The predicted octanol–water partition coefficient (Wildman–Crippen LogP) is 1.67. The molecule has 0 aliphatic heterocycles. The van der Waals surface area contributed by atoms with Gasteiger partial charge in [-0.25, -0.2) is 8.78 Å². The van der Waals surface area contributed by atoms with Gasteiger partial charge in [0.15, 0.2) is 0 Å². The zero-order valence-corrected chi connectivity index (χ0v) is 13.2. The molecule has 3 N–H and O–H groups in total. The Bertz CT molecular complexity index is 530. The van der Waals surface area contributed by atoms with E-state index in [0.29, 0.717) is 12.3 Å². The van der Waals surface area contributed by atoms with Gasteiger partial charge in [0.25, 0.3) is 0 Å². The molecule has 0 radical (unpaired) electrons. The maximum absolute atomic E-state index is 13.5. The molecule has 2 amide bonds. The average molecular weight is 328 g/mol. The minimum atomic E-state index is -1.50. The van der Waals surface area contributed by atoms with Crippen LogP contribution in [0.1, 0.15) is 38.4 Å². The molecule has 23 heavy (non-hydrogen) atoms. The van der Waals surface area contributed by atoms with Crippen LogP contribution in [0.15, 0.2) is 18.2 Å². The largest absolute Gasteiger partial charge is 0.386 e. The van der Waals surface area contributed by atoms with E-state index in [1.54, 1.807) is 0 Å². The van der Waals surface area contributed by atoms with Gasteiger partial charge >= 0.3 is 0 Å². The van der Waals surface area contributed by atoms with Gasteiger partial charge in [0.1, 0.15) is 17.7 Å². The molecule has 5 nitrogen and oxygen atoms in total. The van der Waals surface area contributed by atoms with Crippen molar-refractivity contribution in [3.8, 4) is 0 Å². The molecule has 0 heterocycles. The average Bonchev–Trinajstić information content (AvgIpc) is 2.48. The Balaban J connectivity index is 2.37. The van der Waals surface area contributed by atoms with Crippen molar-refractivity contribution in [1.29, 1.82) is 0 Å². The molecule has 0 saturated carbocycles. The molecule has 0 aliphatic carbocycles. The molecule has 1 aromatic carbocycles. The van der Waals surface area contributed by atoms with Crippen LogP contribution in [0.5, 0.6) is 0 Å². The van der Waals surface area contributed by atoms with Crippen molar-refractivity contribution in [1.82, 2.24) is 10.6 Å². The third-order valence-electron chi connectivity index (χ3n) is 3.22. The number of aliphatic hydroxyl groups excluding tert-OH is 1. The van der Waals surface area contributed by atoms with E-state index < -0.39 is 29.2 Å². The molecule has 0 spiro atoms. The lowest BCUT2D eigenvalue weighted by Crippen LogP contribution is -2.38. The van der Waals surface area contributed by atoms with Crippen LogP contribution >= 0.6 is 0 Å². The van der Waals surface area contributed by atoms with Gasteiger partial charge in [-0.3, -0.25) is 9.59 Å². The summed E-state index contributed by atoms with van der Waals surface area (Å²) in [6, 6.07) is 3.24. The van der Waals surface area contributed by atoms with Gasteiger partial charge in [-0.15, -0.1) is 0 Å². The first-order chi connectivity index (χ1) is 10.8. The highest BCUT2D eigenvalue weighted by Gasteiger charge is 2.18. The molecule has 0 saturated heterocycles. The number of benzene rings is 1. The third-order valence-corrected chi connectivity index (χ3v) is 3.22. The number of halogens is 2. The molecular weight excluding hydrogens is 306 g/mol. The molecule has 0 aromatic heterocycles. The zero-order valence-electron chi connectivity index (χ0n) is 13.2. The van der Waals surface area contributed by atoms with Gasteiger partial charge in [-0.05, 0) is 24.5 Å². The van der Waals surface area contributed by atoms with Gasteiger partial charge in [-0.2, -0.15) is 0 Å². The van der Waals surface area contributed by atoms with Crippen molar-refractivity contribution in [3.05, 3.63) is 35.4 Å². The lowest BCUT2D eigenvalue weighted by atomic mass is 10.1.